The van der Waals surface area contributed by atoms with Crippen molar-refractivity contribution in [2.45, 2.75) is 0 Å². The number of ether oxygens (including phenoxy) is 1. The number of hydrogen-bond acceptors (Lipinski definition) is 6. The predicted molar refractivity (Wildman–Crippen MR) is 56.2 cm³/mol. The summed E-state index contributed by atoms with van der Waals surface area (Å²) in [7, 11) is 2.61. The maximum Gasteiger partial charge on any atom is 0.340 e. The molecule has 0 heterocycles. The number of benzene rings is 1. The van der Waals surface area contributed by atoms with Crippen molar-refractivity contribution in [2.24, 2.45) is 0 Å². The minimum absolute atomic E-state index is 0.220. The number of para-hydroxylation sites is 1. The fourth-order valence-electron chi connectivity index (χ4n) is 1.16. The molecule has 0 aromatic heterocycles. The minimum atomic E-state index is -2.70. The van der Waals surface area contributed by atoms with Crippen LogP contribution in [-0.4, -0.2) is 28.9 Å². The molecule has 1 aromatic carbocycles. The normalized spacial score (nSPS) is 11.9. The van der Waals surface area contributed by atoms with Gasteiger partial charge in [0.2, 0.25) is 0 Å². The van der Waals surface area contributed by atoms with Crippen molar-refractivity contribution in [1.29, 1.82) is 0 Å². The minimum Gasteiger partial charge on any atom is -0.748 e. The predicted octanol–water partition coefficient (Wildman–Crippen LogP) is 0.635. The summed E-state index contributed by atoms with van der Waals surface area (Å²) in [6.07, 6.45) is 0. The molecule has 88 valence electrons. The summed E-state index contributed by atoms with van der Waals surface area (Å²) in [6.45, 7) is 0. The van der Waals surface area contributed by atoms with Crippen molar-refractivity contribution in [3.05, 3.63) is 29.8 Å². The summed E-state index contributed by atoms with van der Waals surface area (Å²) in [6, 6.07) is 6.33. The zero-order chi connectivity index (χ0) is 12.1. The lowest BCUT2D eigenvalue weighted by Gasteiger charge is -2.20. The molecule has 7 heteroatoms. The lowest BCUT2D eigenvalue weighted by atomic mass is 10.2. The molecule has 0 fully saturated rings. The highest BCUT2D eigenvalue weighted by atomic mass is 32.2. The highest BCUT2D eigenvalue weighted by Crippen LogP contribution is 2.20. The second-order valence-corrected chi connectivity index (χ2v) is 3.34. The van der Waals surface area contributed by atoms with E-state index in [4.69, 9.17) is 0 Å². The van der Waals surface area contributed by atoms with Gasteiger partial charge in [0, 0.05) is 7.05 Å². The van der Waals surface area contributed by atoms with Gasteiger partial charge in [-0.05, 0) is 12.1 Å². The standard InChI is InChI=1S/C9H11NO5S/c1-10(15-16(12)13)8-6-4-3-5-7(8)9(11)14-2/h3-6H,1-2H3,(H,12,13)/p-1. The van der Waals surface area contributed by atoms with Crippen molar-refractivity contribution in [3.8, 4) is 0 Å². The maximum atomic E-state index is 11.4. The molecule has 0 radical (unpaired) electrons. The third-order valence-corrected chi connectivity index (χ3v) is 2.17. The van der Waals surface area contributed by atoms with Gasteiger partial charge in [0.1, 0.15) is 11.4 Å². The summed E-state index contributed by atoms with van der Waals surface area (Å²) in [5.74, 6) is -0.567. The van der Waals surface area contributed by atoms with E-state index in [2.05, 4.69) is 9.02 Å². The molecule has 6 nitrogen and oxygen atoms in total. The molecule has 0 N–H and O–H groups in total. The monoisotopic (exact) mass is 244 g/mol. The molecule has 1 rings (SSSR count). The van der Waals surface area contributed by atoms with Crippen LogP contribution in [0.1, 0.15) is 10.4 Å². The molecule has 0 aliphatic carbocycles. The van der Waals surface area contributed by atoms with E-state index < -0.39 is 17.3 Å². The van der Waals surface area contributed by atoms with E-state index in [1.807, 2.05) is 0 Å². The molecule has 0 amide bonds. The molecular formula is C9H10NO5S-. The van der Waals surface area contributed by atoms with Crippen molar-refractivity contribution in [2.75, 3.05) is 19.2 Å². The van der Waals surface area contributed by atoms with E-state index in [-0.39, 0.29) is 5.56 Å². The summed E-state index contributed by atoms with van der Waals surface area (Å²) >= 11 is -2.70. The number of nitrogens with zero attached hydrogens (tertiary/aromatic N) is 1. The van der Waals surface area contributed by atoms with E-state index >= 15 is 0 Å². The average Bonchev–Trinajstić information content (AvgIpc) is 2.27. The van der Waals surface area contributed by atoms with Gasteiger partial charge in [0.15, 0.2) is 0 Å². The number of hydrogen-bond donors (Lipinski definition) is 0. The van der Waals surface area contributed by atoms with Crippen LogP contribution < -0.4 is 5.06 Å². The van der Waals surface area contributed by atoms with Crippen LogP contribution in [0.15, 0.2) is 24.3 Å². The quantitative estimate of drug-likeness (QED) is 0.439. The Hall–Kier alpha value is -1.44. The van der Waals surface area contributed by atoms with Crippen LogP contribution in [0.3, 0.4) is 0 Å². The number of rotatable bonds is 4. The van der Waals surface area contributed by atoms with Gasteiger partial charge < -0.3 is 9.29 Å². The first kappa shape index (κ1) is 12.6. The summed E-state index contributed by atoms with van der Waals surface area (Å²) in [5.41, 5.74) is 0.525. The van der Waals surface area contributed by atoms with Crippen LogP contribution in [0.25, 0.3) is 0 Å². The van der Waals surface area contributed by atoms with Gasteiger partial charge in [-0.3, -0.25) is 0 Å². The molecule has 16 heavy (non-hydrogen) atoms. The molecule has 1 atom stereocenters. The second kappa shape index (κ2) is 5.59. The average molecular weight is 244 g/mol. The van der Waals surface area contributed by atoms with Crippen LogP contribution in [0.2, 0.25) is 0 Å². The van der Waals surface area contributed by atoms with Crippen LogP contribution in [0, 0.1) is 0 Å². The van der Waals surface area contributed by atoms with Crippen molar-refractivity contribution >= 4 is 23.0 Å². The van der Waals surface area contributed by atoms with E-state index in [0.29, 0.717) is 5.69 Å². The summed E-state index contributed by atoms with van der Waals surface area (Å²) < 4.78 is 29.7. The van der Waals surface area contributed by atoms with Gasteiger partial charge >= 0.3 is 5.97 Å². The Balaban J connectivity index is 3.03. The Bertz CT molecular complexity index is 409. The van der Waals surface area contributed by atoms with E-state index in [0.717, 1.165) is 5.06 Å². The molecule has 0 saturated carbocycles. The highest BCUT2D eigenvalue weighted by Gasteiger charge is 2.14. The fraction of sp³-hybridized carbons (Fsp3) is 0.222. The Labute approximate surface area is 95.2 Å². The van der Waals surface area contributed by atoms with E-state index in [9.17, 15) is 13.6 Å². The van der Waals surface area contributed by atoms with Crippen LogP contribution in [-0.2, 0) is 20.4 Å². The Kier molecular flexibility index (Phi) is 4.41. The number of hydroxylamine groups is 1. The molecule has 0 aliphatic rings. The zero-order valence-corrected chi connectivity index (χ0v) is 9.52. The van der Waals surface area contributed by atoms with Crippen LogP contribution in [0.4, 0.5) is 5.69 Å². The van der Waals surface area contributed by atoms with Gasteiger partial charge in [0.05, 0.1) is 18.4 Å². The van der Waals surface area contributed by atoms with Gasteiger partial charge in [0.25, 0.3) is 0 Å². The smallest absolute Gasteiger partial charge is 0.340 e. The third kappa shape index (κ3) is 3.02. The van der Waals surface area contributed by atoms with Gasteiger partial charge in [-0.25, -0.2) is 14.1 Å². The molecule has 1 aromatic rings. The zero-order valence-electron chi connectivity index (χ0n) is 8.71. The number of methoxy groups -OCH3 is 1. The Morgan fingerprint density at radius 2 is 2.06 bits per heavy atom. The molecule has 1 unspecified atom stereocenters. The molecule has 0 aliphatic heterocycles. The molecular weight excluding hydrogens is 234 g/mol. The lowest BCUT2D eigenvalue weighted by Crippen LogP contribution is -2.21. The van der Waals surface area contributed by atoms with Crippen molar-refractivity contribution in [1.82, 2.24) is 0 Å². The first-order valence-corrected chi connectivity index (χ1v) is 5.25. The Morgan fingerprint density at radius 1 is 1.44 bits per heavy atom. The molecule has 0 bridgehead atoms. The lowest BCUT2D eigenvalue weighted by molar-refractivity contribution is 0.0600. The summed E-state index contributed by atoms with van der Waals surface area (Å²) in [5, 5.41) is 0.968. The fourth-order valence-corrected chi connectivity index (χ4v) is 1.43. The number of esters is 1. The summed E-state index contributed by atoms with van der Waals surface area (Å²) in [4.78, 5) is 11.4. The first-order valence-electron chi connectivity index (χ1n) is 4.25. The van der Waals surface area contributed by atoms with Gasteiger partial charge in [-0.1, -0.05) is 12.1 Å². The van der Waals surface area contributed by atoms with Crippen molar-refractivity contribution in [3.63, 3.8) is 0 Å². The number of carbonyl (C=O) groups is 1. The van der Waals surface area contributed by atoms with E-state index in [1.165, 1.54) is 20.2 Å². The second-order valence-electron chi connectivity index (χ2n) is 2.78. The number of anilines is 1. The number of carbonyl (C=O) groups excluding carboxylic acids is 1. The maximum absolute atomic E-state index is 11.4. The third-order valence-electron chi connectivity index (χ3n) is 1.82. The van der Waals surface area contributed by atoms with Crippen LogP contribution >= 0.6 is 0 Å². The van der Waals surface area contributed by atoms with E-state index in [1.54, 1.807) is 18.2 Å². The van der Waals surface area contributed by atoms with Gasteiger partial charge in [-0.2, -0.15) is 4.28 Å². The first-order chi connectivity index (χ1) is 7.56. The Morgan fingerprint density at radius 3 is 2.62 bits per heavy atom. The van der Waals surface area contributed by atoms with Gasteiger partial charge in [-0.15, -0.1) is 0 Å². The van der Waals surface area contributed by atoms with Crippen molar-refractivity contribution < 1.29 is 22.6 Å². The molecule has 0 saturated heterocycles. The SMILES string of the molecule is COC(=O)c1ccccc1N(C)OS(=O)[O-]. The molecule has 0 spiro atoms. The largest absolute Gasteiger partial charge is 0.748 e. The van der Waals surface area contributed by atoms with Crippen LogP contribution in [0.5, 0.6) is 0 Å². The topological polar surface area (TPSA) is 78.9 Å². The highest BCUT2D eigenvalue weighted by molar-refractivity contribution is 7.74.